The van der Waals surface area contributed by atoms with E-state index in [4.69, 9.17) is 0 Å². The van der Waals surface area contributed by atoms with Crippen molar-refractivity contribution in [2.45, 2.75) is 0 Å². The van der Waals surface area contributed by atoms with Crippen molar-refractivity contribution in [1.82, 2.24) is 0 Å². The minimum atomic E-state index is 0.259. The maximum atomic E-state index is 9.98. The molecule has 106 valence electrons. The summed E-state index contributed by atoms with van der Waals surface area (Å²) in [7, 11) is 5.82. The Morgan fingerprint density at radius 1 is 0.900 bits per heavy atom. The zero-order valence-electron chi connectivity index (χ0n) is 11.6. The van der Waals surface area contributed by atoms with Crippen LogP contribution in [-0.4, -0.2) is 26.2 Å². The quantitative estimate of drug-likeness (QED) is 0.806. The normalized spacial score (nSPS) is 10.4. The van der Waals surface area contributed by atoms with Crippen molar-refractivity contribution in [3.05, 3.63) is 45.3 Å². The number of nitrogens with zero attached hydrogens (tertiary/aromatic N) is 2. The molecule has 2 rings (SSSR count). The molecule has 0 saturated carbocycles. The van der Waals surface area contributed by atoms with E-state index in [9.17, 15) is 5.11 Å². The molecule has 0 amide bonds. The number of hydrogen-bond acceptors (Lipinski definition) is 3. The van der Waals surface area contributed by atoms with Gasteiger partial charge in [0.05, 0.1) is 11.4 Å². The van der Waals surface area contributed by atoms with Crippen LogP contribution in [0.4, 0.5) is 17.1 Å². The monoisotopic (exact) mass is 398 g/mol. The zero-order valence-corrected chi connectivity index (χ0v) is 14.7. The number of phenolic OH excluding ortho intramolecular Hbond substituents is 1. The van der Waals surface area contributed by atoms with Crippen LogP contribution in [0.2, 0.25) is 0 Å². The molecule has 2 aromatic rings. The van der Waals surface area contributed by atoms with E-state index in [0.29, 0.717) is 0 Å². The highest BCUT2D eigenvalue weighted by molar-refractivity contribution is 9.10. The van der Waals surface area contributed by atoms with Gasteiger partial charge in [-0.1, -0.05) is 15.9 Å². The summed E-state index contributed by atoms with van der Waals surface area (Å²) >= 11 is 6.95. The lowest BCUT2D eigenvalue weighted by Crippen LogP contribution is -2.13. The molecule has 2 aromatic carbocycles. The first-order valence-electron chi connectivity index (χ1n) is 6.09. The summed E-state index contributed by atoms with van der Waals surface area (Å²) < 4.78 is 1.90. The number of benzene rings is 2. The van der Waals surface area contributed by atoms with Crippen LogP contribution >= 0.6 is 31.9 Å². The first-order valence-corrected chi connectivity index (χ1v) is 7.68. The van der Waals surface area contributed by atoms with Crippen LogP contribution in [0.5, 0.6) is 5.75 Å². The summed E-state index contributed by atoms with van der Waals surface area (Å²) in [6.45, 7) is 0. The van der Waals surface area contributed by atoms with E-state index < -0.39 is 0 Å². The van der Waals surface area contributed by atoms with Crippen LogP contribution < -0.4 is 9.80 Å². The maximum absolute atomic E-state index is 9.98. The molecule has 0 unspecified atom stereocenters. The summed E-state index contributed by atoms with van der Waals surface area (Å²) in [5.41, 5.74) is 2.85. The number of hydrogen-bond donors (Lipinski definition) is 1. The number of rotatable bonds is 3. The minimum Gasteiger partial charge on any atom is -0.506 e. The van der Waals surface area contributed by atoms with Gasteiger partial charge < -0.3 is 14.9 Å². The molecule has 0 bridgehead atoms. The van der Waals surface area contributed by atoms with E-state index in [1.807, 2.05) is 56.4 Å². The molecular formula is C15H16Br2N2O. The van der Waals surface area contributed by atoms with Crippen molar-refractivity contribution in [2.75, 3.05) is 30.9 Å². The average molecular weight is 400 g/mol. The van der Waals surface area contributed by atoms with E-state index in [1.54, 1.807) is 6.07 Å². The fraction of sp³-hybridized carbons (Fsp3) is 0.200. The van der Waals surface area contributed by atoms with Gasteiger partial charge in [-0.15, -0.1) is 0 Å². The fourth-order valence-electron chi connectivity index (χ4n) is 1.96. The molecule has 0 aromatic heterocycles. The Morgan fingerprint density at radius 2 is 1.50 bits per heavy atom. The van der Waals surface area contributed by atoms with Gasteiger partial charge in [0.25, 0.3) is 0 Å². The summed E-state index contributed by atoms with van der Waals surface area (Å²) in [5.74, 6) is 0.259. The highest BCUT2D eigenvalue weighted by Crippen LogP contribution is 2.39. The van der Waals surface area contributed by atoms with Crippen LogP contribution in [0.1, 0.15) is 0 Å². The van der Waals surface area contributed by atoms with Gasteiger partial charge in [-0.2, -0.15) is 0 Å². The van der Waals surface area contributed by atoms with Gasteiger partial charge in [0.15, 0.2) is 0 Å². The molecule has 5 heteroatoms. The molecule has 0 heterocycles. The molecular weight excluding hydrogens is 384 g/mol. The summed E-state index contributed by atoms with van der Waals surface area (Å²) in [4.78, 5) is 3.96. The van der Waals surface area contributed by atoms with Crippen molar-refractivity contribution in [1.29, 1.82) is 0 Å². The van der Waals surface area contributed by atoms with Gasteiger partial charge in [-0.25, -0.2) is 0 Å². The van der Waals surface area contributed by atoms with Crippen molar-refractivity contribution in [3.8, 4) is 5.75 Å². The van der Waals surface area contributed by atoms with E-state index in [-0.39, 0.29) is 5.75 Å². The first-order chi connectivity index (χ1) is 9.40. The van der Waals surface area contributed by atoms with Crippen molar-refractivity contribution in [3.63, 3.8) is 0 Å². The molecule has 3 nitrogen and oxygen atoms in total. The van der Waals surface area contributed by atoms with Crippen molar-refractivity contribution >= 4 is 48.9 Å². The summed E-state index contributed by atoms with van der Waals surface area (Å²) in [6, 6.07) is 11.8. The zero-order chi connectivity index (χ0) is 14.9. The Hall–Kier alpha value is -1.20. The average Bonchev–Trinajstić information content (AvgIpc) is 2.38. The molecule has 0 aliphatic heterocycles. The molecule has 0 fully saturated rings. The predicted molar refractivity (Wildman–Crippen MR) is 92.3 cm³/mol. The van der Waals surface area contributed by atoms with Gasteiger partial charge in [-0.3, -0.25) is 0 Å². The van der Waals surface area contributed by atoms with E-state index in [1.165, 1.54) is 0 Å². The second-order valence-corrected chi connectivity index (χ2v) is 6.49. The molecule has 0 spiro atoms. The highest BCUT2D eigenvalue weighted by atomic mass is 79.9. The van der Waals surface area contributed by atoms with Gasteiger partial charge in [0, 0.05) is 35.8 Å². The topological polar surface area (TPSA) is 26.7 Å². The molecule has 20 heavy (non-hydrogen) atoms. The maximum Gasteiger partial charge on any atom is 0.140 e. The van der Waals surface area contributed by atoms with E-state index >= 15 is 0 Å². The van der Waals surface area contributed by atoms with Crippen molar-refractivity contribution in [2.24, 2.45) is 0 Å². The number of halogens is 2. The molecule has 0 radical (unpaired) electrons. The molecule has 0 saturated heterocycles. The third-order valence-electron chi connectivity index (χ3n) is 3.10. The van der Waals surface area contributed by atoms with E-state index in [2.05, 4.69) is 36.8 Å². The number of phenols is 1. The van der Waals surface area contributed by atoms with Crippen LogP contribution in [0, 0.1) is 0 Å². The Bertz CT molecular complexity index is 612. The highest BCUT2D eigenvalue weighted by Gasteiger charge is 2.13. The van der Waals surface area contributed by atoms with Gasteiger partial charge >= 0.3 is 0 Å². The molecule has 1 N–H and O–H groups in total. The molecule has 0 aliphatic carbocycles. The Balaban J connectivity index is 2.46. The van der Waals surface area contributed by atoms with Gasteiger partial charge in [0.2, 0.25) is 0 Å². The number of aromatic hydroxyl groups is 1. The van der Waals surface area contributed by atoms with Gasteiger partial charge in [0.1, 0.15) is 5.75 Å². The SMILES string of the molecule is CN(C)c1cc(N(C)c2ccc(Br)cc2)c(Br)cc1O. The third-order valence-corrected chi connectivity index (χ3v) is 4.26. The lowest BCUT2D eigenvalue weighted by atomic mass is 10.2. The van der Waals surface area contributed by atoms with Crippen LogP contribution in [-0.2, 0) is 0 Å². The van der Waals surface area contributed by atoms with Crippen LogP contribution in [0.25, 0.3) is 0 Å². The minimum absolute atomic E-state index is 0.259. The lowest BCUT2D eigenvalue weighted by Gasteiger charge is -2.24. The Labute approximate surface area is 136 Å². The predicted octanol–water partition coefficient (Wildman–Crippen LogP) is 4.75. The number of anilines is 3. The largest absolute Gasteiger partial charge is 0.506 e. The van der Waals surface area contributed by atoms with E-state index in [0.717, 1.165) is 26.0 Å². The van der Waals surface area contributed by atoms with Crippen molar-refractivity contribution < 1.29 is 5.11 Å². The van der Waals surface area contributed by atoms with Gasteiger partial charge in [-0.05, 0) is 52.3 Å². The second kappa shape index (κ2) is 6.06. The molecule has 0 atom stereocenters. The smallest absolute Gasteiger partial charge is 0.140 e. The van der Waals surface area contributed by atoms with Crippen LogP contribution in [0.3, 0.4) is 0 Å². The Morgan fingerprint density at radius 3 is 2.05 bits per heavy atom. The summed E-state index contributed by atoms with van der Waals surface area (Å²) in [5, 5.41) is 9.98. The fourth-order valence-corrected chi connectivity index (χ4v) is 2.82. The third kappa shape index (κ3) is 3.10. The second-order valence-electron chi connectivity index (χ2n) is 4.72. The molecule has 0 aliphatic rings. The Kier molecular flexibility index (Phi) is 4.60. The lowest BCUT2D eigenvalue weighted by molar-refractivity contribution is 0.475. The van der Waals surface area contributed by atoms with Crippen LogP contribution in [0.15, 0.2) is 45.3 Å². The summed E-state index contributed by atoms with van der Waals surface area (Å²) in [6.07, 6.45) is 0. The first kappa shape index (κ1) is 15.2. The standard InChI is InChI=1S/C15H16Br2N2O/c1-18(2)14-9-13(12(17)8-15(14)20)19(3)11-6-4-10(16)5-7-11/h4-9,20H,1-3H3.